The van der Waals surface area contributed by atoms with Crippen molar-refractivity contribution < 1.29 is 19.4 Å². The van der Waals surface area contributed by atoms with E-state index >= 15 is 0 Å². The second-order valence-corrected chi connectivity index (χ2v) is 10.9. The molecule has 0 aliphatic heterocycles. The Bertz CT molecular complexity index is 518. The van der Waals surface area contributed by atoms with Crippen LogP contribution in [-0.4, -0.2) is 35.5 Å². The van der Waals surface area contributed by atoms with Crippen LogP contribution in [-0.2, 0) is 14.3 Å². The molecule has 0 amide bonds. The highest BCUT2D eigenvalue weighted by Gasteiger charge is 2.26. The van der Waals surface area contributed by atoms with E-state index in [1.807, 2.05) is 6.08 Å². The quantitative estimate of drug-likeness (QED) is 0.189. The summed E-state index contributed by atoms with van der Waals surface area (Å²) in [7, 11) is 0. The van der Waals surface area contributed by atoms with Crippen LogP contribution in [0.2, 0.25) is 0 Å². The molecule has 1 unspecified atom stereocenters. The monoisotopic (exact) mass is 478 g/mol. The van der Waals surface area contributed by atoms with Gasteiger partial charge in [-0.2, -0.15) is 0 Å². The van der Waals surface area contributed by atoms with E-state index in [9.17, 15) is 4.79 Å². The SMILES string of the molecule is C=CC(CC[C@@H](CCCCC(=O)O)[C@@H](CC)OC1CCCCCCC1)OC1CCCCCCC1. The molecule has 0 spiro atoms. The summed E-state index contributed by atoms with van der Waals surface area (Å²) in [6.07, 6.45) is 27.3. The van der Waals surface area contributed by atoms with Crippen LogP contribution in [0.3, 0.4) is 0 Å². The lowest BCUT2D eigenvalue weighted by Crippen LogP contribution is -2.31. The first-order chi connectivity index (χ1) is 16.6. The summed E-state index contributed by atoms with van der Waals surface area (Å²) in [5, 5.41) is 9.05. The molecule has 2 aliphatic carbocycles. The van der Waals surface area contributed by atoms with Crippen LogP contribution >= 0.6 is 0 Å². The molecule has 4 heteroatoms. The molecule has 0 aromatic rings. The van der Waals surface area contributed by atoms with Crippen molar-refractivity contribution in [1.29, 1.82) is 0 Å². The number of hydrogen-bond donors (Lipinski definition) is 1. The van der Waals surface area contributed by atoms with Gasteiger partial charge in [-0.25, -0.2) is 0 Å². The van der Waals surface area contributed by atoms with Gasteiger partial charge >= 0.3 is 5.97 Å². The van der Waals surface area contributed by atoms with Crippen LogP contribution in [0, 0.1) is 5.92 Å². The molecule has 0 radical (unpaired) electrons. The Labute approximate surface area is 210 Å². The molecule has 2 saturated carbocycles. The first-order valence-electron chi connectivity index (χ1n) is 14.8. The zero-order valence-electron chi connectivity index (χ0n) is 22.2. The standard InChI is InChI=1S/C30H54O4/c1-3-26(33-27-18-11-7-5-8-12-19-27)24-23-25(17-15-16-22-30(31)32)29(4-2)34-28-20-13-9-6-10-14-21-28/h3,25-29H,1,4-24H2,2H3,(H,31,32)/t25-,26?,29-/m1/s1. The first kappa shape index (κ1) is 29.4. The molecule has 4 nitrogen and oxygen atoms in total. The topological polar surface area (TPSA) is 55.8 Å². The van der Waals surface area contributed by atoms with Crippen molar-refractivity contribution in [3.63, 3.8) is 0 Å². The fraction of sp³-hybridized carbons (Fsp3) is 0.900. The number of hydrogen-bond acceptors (Lipinski definition) is 3. The third-order valence-corrected chi connectivity index (χ3v) is 8.07. The molecule has 0 heterocycles. The van der Waals surface area contributed by atoms with Gasteiger partial charge in [0.1, 0.15) is 0 Å². The zero-order valence-corrected chi connectivity index (χ0v) is 22.2. The van der Waals surface area contributed by atoms with E-state index < -0.39 is 5.97 Å². The molecule has 0 aromatic carbocycles. The van der Waals surface area contributed by atoms with Gasteiger partial charge < -0.3 is 14.6 Å². The van der Waals surface area contributed by atoms with E-state index in [0.29, 0.717) is 18.1 Å². The van der Waals surface area contributed by atoms with Crippen LogP contribution in [0.1, 0.15) is 142 Å². The van der Waals surface area contributed by atoms with E-state index in [-0.39, 0.29) is 18.6 Å². The van der Waals surface area contributed by atoms with Gasteiger partial charge in [0.15, 0.2) is 0 Å². The lowest BCUT2D eigenvalue weighted by Gasteiger charge is -2.33. The third kappa shape index (κ3) is 12.7. The molecule has 0 bridgehead atoms. The second kappa shape index (κ2) is 18.4. The average Bonchev–Trinajstić information content (AvgIpc) is 2.78. The number of aliphatic carboxylic acids is 1. The van der Waals surface area contributed by atoms with Crippen LogP contribution in [0.4, 0.5) is 0 Å². The van der Waals surface area contributed by atoms with Gasteiger partial charge in [-0.3, -0.25) is 4.79 Å². The Balaban J connectivity index is 1.92. The van der Waals surface area contributed by atoms with Gasteiger partial charge in [0.25, 0.3) is 0 Å². The fourth-order valence-electron chi connectivity index (χ4n) is 5.96. The molecule has 3 atom stereocenters. The number of carboxylic acid groups (broad SMARTS) is 1. The summed E-state index contributed by atoms with van der Waals surface area (Å²) < 4.78 is 13.3. The molecule has 1 N–H and O–H groups in total. The van der Waals surface area contributed by atoms with E-state index in [1.165, 1.54) is 89.9 Å². The first-order valence-corrected chi connectivity index (χ1v) is 14.8. The Kier molecular flexibility index (Phi) is 15.9. The maximum Gasteiger partial charge on any atom is 0.303 e. The minimum Gasteiger partial charge on any atom is -0.481 e. The van der Waals surface area contributed by atoms with Crippen molar-refractivity contribution in [3.8, 4) is 0 Å². The Morgan fingerprint density at radius 3 is 1.85 bits per heavy atom. The van der Waals surface area contributed by atoms with E-state index in [0.717, 1.165) is 38.5 Å². The van der Waals surface area contributed by atoms with Gasteiger partial charge in [0, 0.05) is 6.42 Å². The van der Waals surface area contributed by atoms with E-state index in [4.69, 9.17) is 14.6 Å². The van der Waals surface area contributed by atoms with Crippen LogP contribution in [0.25, 0.3) is 0 Å². The van der Waals surface area contributed by atoms with Crippen LogP contribution in [0.15, 0.2) is 12.7 Å². The lowest BCUT2D eigenvalue weighted by molar-refractivity contribution is -0.137. The molecule has 0 aromatic heterocycles. The van der Waals surface area contributed by atoms with E-state index in [2.05, 4.69) is 13.5 Å². The molecule has 2 rings (SSSR count). The van der Waals surface area contributed by atoms with Gasteiger partial charge in [0.05, 0.1) is 24.4 Å². The minimum atomic E-state index is -0.686. The highest BCUT2D eigenvalue weighted by atomic mass is 16.5. The van der Waals surface area contributed by atoms with Gasteiger partial charge in [-0.15, -0.1) is 6.58 Å². The Morgan fingerprint density at radius 1 is 0.824 bits per heavy atom. The van der Waals surface area contributed by atoms with Crippen LogP contribution < -0.4 is 0 Å². The summed E-state index contributed by atoms with van der Waals surface area (Å²) in [5.74, 6) is -0.221. The van der Waals surface area contributed by atoms with Crippen LogP contribution in [0.5, 0.6) is 0 Å². The van der Waals surface area contributed by atoms with Gasteiger partial charge in [-0.05, 0) is 63.7 Å². The molecule has 2 fully saturated rings. The van der Waals surface area contributed by atoms with E-state index in [1.54, 1.807) is 0 Å². The molecule has 198 valence electrons. The fourth-order valence-corrected chi connectivity index (χ4v) is 5.96. The van der Waals surface area contributed by atoms with Gasteiger partial charge in [-0.1, -0.05) is 83.6 Å². The number of ether oxygens (including phenoxy) is 2. The van der Waals surface area contributed by atoms with Gasteiger partial charge in [0.2, 0.25) is 0 Å². The summed E-state index contributed by atoms with van der Waals surface area (Å²) in [5.41, 5.74) is 0. The average molecular weight is 479 g/mol. The summed E-state index contributed by atoms with van der Waals surface area (Å²) >= 11 is 0. The maximum atomic E-state index is 11.0. The van der Waals surface area contributed by atoms with Crippen molar-refractivity contribution in [3.05, 3.63) is 12.7 Å². The molecule has 34 heavy (non-hydrogen) atoms. The third-order valence-electron chi connectivity index (χ3n) is 8.07. The number of carboxylic acids is 1. The normalized spacial score (nSPS) is 22.0. The Hall–Kier alpha value is -0.870. The summed E-state index contributed by atoms with van der Waals surface area (Å²) in [6.45, 7) is 6.36. The zero-order chi connectivity index (χ0) is 24.4. The van der Waals surface area contributed by atoms with Crippen molar-refractivity contribution in [2.45, 2.75) is 166 Å². The number of rotatable bonds is 15. The predicted octanol–water partition coefficient (Wildman–Crippen LogP) is 8.62. The lowest BCUT2D eigenvalue weighted by atomic mass is 9.87. The largest absolute Gasteiger partial charge is 0.481 e. The molecule has 0 saturated heterocycles. The minimum absolute atomic E-state index is 0.116. The number of unbranched alkanes of at least 4 members (excludes halogenated alkanes) is 1. The highest BCUT2D eigenvalue weighted by molar-refractivity contribution is 5.66. The Morgan fingerprint density at radius 2 is 1.35 bits per heavy atom. The summed E-state index contributed by atoms with van der Waals surface area (Å²) in [6, 6.07) is 0. The second-order valence-electron chi connectivity index (χ2n) is 10.9. The summed E-state index contributed by atoms with van der Waals surface area (Å²) in [4.78, 5) is 11.0. The van der Waals surface area contributed by atoms with Crippen molar-refractivity contribution >= 4 is 5.97 Å². The molecular formula is C30H54O4. The maximum absolute atomic E-state index is 11.0. The highest BCUT2D eigenvalue weighted by Crippen LogP contribution is 2.30. The smallest absolute Gasteiger partial charge is 0.303 e. The van der Waals surface area contributed by atoms with Crippen molar-refractivity contribution in [2.24, 2.45) is 5.92 Å². The predicted molar refractivity (Wildman–Crippen MR) is 141 cm³/mol. The van der Waals surface area contributed by atoms with Crippen molar-refractivity contribution in [1.82, 2.24) is 0 Å². The number of carbonyl (C=O) groups is 1. The van der Waals surface area contributed by atoms with Crippen molar-refractivity contribution in [2.75, 3.05) is 0 Å². The molecular weight excluding hydrogens is 424 g/mol. The molecule has 2 aliphatic rings.